The Hall–Kier alpha value is -9.90. The van der Waals surface area contributed by atoms with Gasteiger partial charge in [0.15, 0.2) is 0 Å². The zero-order chi connectivity index (χ0) is 48.7. The first-order chi connectivity index (χ1) is 36.8. The van der Waals surface area contributed by atoms with Gasteiger partial charge < -0.3 is 18.9 Å². The zero-order valence-corrected chi connectivity index (χ0v) is 40.3. The summed E-state index contributed by atoms with van der Waals surface area (Å²) >= 11 is 0. The lowest BCUT2D eigenvalue weighted by molar-refractivity contribution is 1.18. The number of hydrogen-bond acceptors (Lipinski definition) is 2. The van der Waals surface area contributed by atoms with Crippen molar-refractivity contribution < 1.29 is 0 Å². The first kappa shape index (κ1) is 41.8. The number of aromatic nitrogens is 2. The van der Waals surface area contributed by atoms with Crippen LogP contribution in [-0.4, -0.2) is 9.13 Å². The Bertz CT molecular complexity index is 4320. The molecule has 13 aromatic carbocycles. The minimum absolute atomic E-state index is 1.08. The summed E-state index contributed by atoms with van der Waals surface area (Å²) in [4.78, 5) is 5.08. The molecule has 15 rings (SSSR count). The van der Waals surface area contributed by atoms with Crippen LogP contribution in [0.5, 0.6) is 0 Å². The average Bonchev–Trinajstić information content (AvgIpc) is 3.99. The number of hydrogen-bond donors (Lipinski definition) is 0. The van der Waals surface area contributed by atoms with Gasteiger partial charge in [0.05, 0.1) is 44.8 Å². The van der Waals surface area contributed by atoms with E-state index in [0.29, 0.717) is 0 Å². The molecule has 0 aliphatic heterocycles. The Morgan fingerprint density at radius 1 is 0.216 bits per heavy atom. The molecule has 0 bridgehead atoms. The molecular weight excluding hydrogens is 897 g/mol. The maximum atomic E-state index is 2.54. The van der Waals surface area contributed by atoms with E-state index in [9.17, 15) is 0 Å². The molecule has 346 valence electrons. The van der Waals surface area contributed by atoms with Gasteiger partial charge in [0.1, 0.15) is 0 Å². The number of anilines is 6. The highest BCUT2D eigenvalue weighted by Gasteiger charge is 2.28. The molecule has 0 fully saturated rings. The van der Waals surface area contributed by atoms with Crippen molar-refractivity contribution in [2.45, 2.75) is 0 Å². The second kappa shape index (κ2) is 16.9. The fraction of sp³-hybridized carbons (Fsp3) is 0. The van der Waals surface area contributed by atoms with E-state index in [-0.39, 0.29) is 0 Å². The molecule has 0 unspecified atom stereocenters. The van der Waals surface area contributed by atoms with Gasteiger partial charge in [0.25, 0.3) is 0 Å². The predicted molar refractivity (Wildman–Crippen MR) is 315 cm³/mol. The van der Waals surface area contributed by atoms with Gasteiger partial charge in [-0.25, -0.2) is 0 Å². The smallest absolute Gasteiger partial charge is 0.0620 e. The maximum absolute atomic E-state index is 2.54. The molecule has 0 saturated heterocycles. The summed E-state index contributed by atoms with van der Waals surface area (Å²) in [6, 6.07) is 102. The van der Waals surface area contributed by atoms with Crippen LogP contribution in [0, 0.1) is 0 Å². The van der Waals surface area contributed by atoms with Crippen LogP contribution in [0.15, 0.2) is 279 Å². The average molecular weight is 943 g/mol. The summed E-state index contributed by atoms with van der Waals surface area (Å²) < 4.78 is 4.80. The minimum atomic E-state index is 1.08. The number of fused-ring (bicyclic) bond motifs is 10. The van der Waals surface area contributed by atoms with Gasteiger partial charge in [-0.3, -0.25) is 0 Å². The minimum Gasteiger partial charge on any atom is -0.309 e. The number of para-hydroxylation sites is 4. The van der Waals surface area contributed by atoms with E-state index in [4.69, 9.17) is 0 Å². The Kier molecular flexibility index (Phi) is 9.54. The molecule has 0 aliphatic rings. The lowest BCUT2D eigenvalue weighted by atomic mass is 9.94. The largest absolute Gasteiger partial charge is 0.309 e. The molecule has 15 aromatic rings. The van der Waals surface area contributed by atoms with Crippen LogP contribution in [0.1, 0.15) is 0 Å². The van der Waals surface area contributed by atoms with E-state index >= 15 is 0 Å². The second-order valence-corrected chi connectivity index (χ2v) is 19.2. The lowest BCUT2D eigenvalue weighted by Gasteiger charge is -2.33. The molecule has 2 heterocycles. The molecule has 0 aliphatic carbocycles. The fourth-order valence-electron chi connectivity index (χ4n) is 12.1. The maximum Gasteiger partial charge on any atom is 0.0620 e. The van der Waals surface area contributed by atoms with E-state index < -0.39 is 0 Å². The van der Waals surface area contributed by atoms with Crippen molar-refractivity contribution in [3.05, 3.63) is 279 Å². The first-order valence-electron chi connectivity index (χ1n) is 25.4. The summed E-state index contributed by atoms with van der Waals surface area (Å²) in [7, 11) is 0. The molecule has 4 nitrogen and oxygen atoms in total. The van der Waals surface area contributed by atoms with E-state index in [1.54, 1.807) is 0 Å². The third-order valence-corrected chi connectivity index (χ3v) is 15.2. The van der Waals surface area contributed by atoms with Crippen LogP contribution in [0.4, 0.5) is 34.1 Å². The SMILES string of the molecule is c1ccc(-n2c3ccccc3c3cc(N(c4cccc5ccccc45)c4c5ccccc5c(N(c5ccc6c(c5)c5ccccc5n6-c5ccccc5)c5cccc6ccccc56)c5ccccc45)ccc32)cc1. The molecule has 0 atom stereocenters. The van der Waals surface area contributed by atoms with Gasteiger partial charge in [-0.05, 0) is 95.7 Å². The third-order valence-electron chi connectivity index (χ3n) is 15.2. The standard InChI is InChI=1S/C70H46N4/c1-3-25-49(26-4-1)71-65-37-17-15-31-55(65)61-45-51(41-43-67(61)71)73(63-39-19-23-47-21-7-9-29-53(47)63)69-57-33-11-13-35-59(57)70(60-36-14-12-34-58(60)69)74(64-40-20-24-48-22-8-10-30-54(48)64)52-42-44-68-62(46-52)56-32-16-18-38-66(56)72(68)50-27-5-2-6-28-50/h1-46H. The van der Waals surface area contributed by atoms with Crippen molar-refractivity contribution in [1.29, 1.82) is 0 Å². The molecule has 0 spiro atoms. The number of benzene rings is 13. The monoisotopic (exact) mass is 942 g/mol. The van der Waals surface area contributed by atoms with Crippen LogP contribution in [0.25, 0.3) is 98.1 Å². The van der Waals surface area contributed by atoms with Crippen LogP contribution in [-0.2, 0) is 0 Å². The Labute approximate surface area is 428 Å². The summed E-state index contributed by atoms with van der Waals surface area (Å²) in [5.41, 5.74) is 13.6. The highest BCUT2D eigenvalue weighted by Crippen LogP contribution is 2.53. The molecule has 0 saturated carbocycles. The summed E-state index contributed by atoms with van der Waals surface area (Å²) in [6.45, 7) is 0. The van der Waals surface area contributed by atoms with Gasteiger partial charge in [0, 0.05) is 76.6 Å². The summed E-state index contributed by atoms with van der Waals surface area (Å²) in [5.74, 6) is 0. The Morgan fingerprint density at radius 2 is 0.527 bits per heavy atom. The number of rotatable bonds is 8. The van der Waals surface area contributed by atoms with Crippen LogP contribution >= 0.6 is 0 Å². The summed E-state index contributed by atoms with van der Waals surface area (Å²) in [6.07, 6.45) is 0. The summed E-state index contributed by atoms with van der Waals surface area (Å²) in [5, 5.41) is 14.1. The van der Waals surface area contributed by atoms with Gasteiger partial charge >= 0.3 is 0 Å². The van der Waals surface area contributed by atoms with Crippen molar-refractivity contribution in [1.82, 2.24) is 9.13 Å². The highest BCUT2D eigenvalue weighted by atomic mass is 15.2. The number of nitrogens with zero attached hydrogens (tertiary/aromatic N) is 4. The van der Waals surface area contributed by atoms with Gasteiger partial charge in [0.2, 0.25) is 0 Å². The van der Waals surface area contributed by atoms with Crippen LogP contribution in [0.3, 0.4) is 0 Å². The molecule has 0 N–H and O–H groups in total. The molecule has 4 heteroatoms. The topological polar surface area (TPSA) is 16.3 Å². The van der Waals surface area contributed by atoms with Gasteiger partial charge in [-0.15, -0.1) is 0 Å². The molecule has 0 amide bonds. The highest BCUT2D eigenvalue weighted by molar-refractivity contribution is 6.25. The zero-order valence-electron chi connectivity index (χ0n) is 40.3. The van der Waals surface area contributed by atoms with E-state index in [2.05, 4.69) is 298 Å². The quantitative estimate of drug-likeness (QED) is 0.111. The molecule has 2 aromatic heterocycles. The van der Waals surface area contributed by atoms with Crippen molar-refractivity contribution >= 4 is 121 Å². The molecule has 74 heavy (non-hydrogen) atoms. The van der Waals surface area contributed by atoms with E-state index in [0.717, 1.165) is 67.0 Å². The Morgan fingerprint density at radius 3 is 0.932 bits per heavy atom. The second-order valence-electron chi connectivity index (χ2n) is 19.2. The van der Waals surface area contributed by atoms with Crippen molar-refractivity contribution in [3.63, 3.8) is 0 Å². The van der Waals surface area contributed by atoms with Crippen LogP contribution in [0.2, 0.25) is 0 Å². The first-order valence-corrected chi connectivity index (χ1v) is 25.4. The Balaban J connectivity index is 1.04. The fourth-order valence-corrected chi connectivity index (χ4v) is 12.1. The van der Waals surface area contributed by atoms with Crippen molar-refractivity contribution in [3.8, 4) is 11.4 Å². The van der Waals surface area contributed by atoms with E-state index in [1.807, 2.05) is 0 Å². The van der Waals surface area contributed by atoms with Crippen molar-refractivity contribution in [2.24, 2.45) is 0 Å². The lowest BCUT2D eigenvalue weighted by Crippen LogP contribution is -2.15. The van der Waals surface area contributed by atoms with Gasteiger partial charge in [-0.2, -0.15) is 0 Å². The van der Waals surface area contributed by atoms with Crippen LogP contribution < -0.4 is 9.80 Å². The van der Waals surface area contributed by atoms with Gasteiger partial charge in [-0.1, -0.05) is 194 Å². The predicted octanol–water partition coefficient (Wildman–Crippen LogP) is 19.4. The molecule has 0 radical (unpaired) electrons. The molecular formula is C70H46N4. The van der Waals surface area contributed by atoms with E-state index in [1.165, 1.54) is 65.2 Å². The third kappa shape index (κ3) is 6.42. The normalized spacial score (nSPS) is 11.8. The van der Waals surface area contributed by atoms with Crippen molar-refractivity contribution in [2.75, 3.05) is 9.80 Å².